The van der Waals surface area contributed by atoms with Crippen molar-refractivity contribution in [3.63, 3.8) is 0 Å². The van der Waals surface area contributed by atoms with Crippen LogP contribution in [0.2, 0.25) is 0 Å². The molecule has 0 aromatic heterocycles. The average Bonchev–Trinajstić information content (AvgIpc) is 3.32. The van der Waals surface area contributed by atoms with Crippen molar-refractivity contribution in [1.82, 2.24) is 15.5 Å². The summed E-state index contributed by atoms with van der Waals surface area (Å²) in [5.41, 5.74) is 1.61. The number of likely N-dealkylation sites (tertiary alicyclic amines) is 1. The van der Waals surface area contributed by atoms with Crippen LogP contribution < -0.4 is 10.6 Å². The summed E-state index contributed by atoms with van der Waals surface area (Å²) >= 11 is 0. The fourth-order valence-electron chi connectivity index (χ4n) is 4.29. The van der Waals surface area contributed by atoms with E-state index < -0.39 is 0 Å². The van der Waals surface area contributed by atoms with Crippen LogP contribution >= 0.6 is 0 Å². The maximum absolute atomic E-state index is 9.10. The molecule has 2 unspecified atom stereocenters. The van der Waals surface area contributed by atoms with Crippen LogP contribution in [0, 0.1) is 11.3 Å². The lowest BCUT2D eigenvalue weighted by molar-refractivity contribution is 0.0182. The van der Waals surface area contributed by atoms with Gasteiger partial charge >= 0.3 is 0 Å². The van der Waals surface area contributed by atoms with Gasteiger partial charge in [0.25, 0.3) is 0 Å². The fourth-order valence-corrected chi connectivity index (χ4v) is 4.29. The first-order valence-corrected chi connectivity index (χ1v) is 8.94. The Kier molecular flexibility index (Phi) is 4.11. The fraction of sp³-hybridized carbons (Fsp3) is 0.632. The molecule has 122 valence electrons. The van der Waals surface area contributed by atoms with E-state index in [1.54, 1.807) is 0 Å². The SMILES string of the molecule is N#CCC1(N2CCC(NC3CC3c3ccccc3)CC2)CNC1. The minimum absolute atomic E-state index is 0.131. The van der Waals surface area contributed by atoms with E-state index in [-0.39, 0.29) is 5.54 Å². The van der Waals surface area contributed by atoms with Gasteiger partial charge in [-0.2, -0.15) is 5.26 Å². The molecule has 0 spiro atoms. The van der Waals surface area contributed by atoms with E-state index in [0.717, 1.165) is 32.1 Å². The van der Waals surface area contributed by atoms with Gasteiger partial charge in [0.05, 0.1) is 18.0 Å². The van der Waals surface area contributed by atoms with Crippen molar-refractivity contribution >= 4 is 0 Å². The van der Waals surface area contributed by atoms with Gasteiger partial charge in [0, 0.05) is 44.2 Å². The number of nitrogens with zero attached hydrogens (tertiary/aromatic N) is 2. The Balaban J connectivity index is 1.26. The van der Waals surface area contributed by atoms with Gasteiger partial charge in [0.1, 0.15) is 0 Å². The summed E-state index contributed by atoms with van der Waals surface area (Å²) < 4.78 is 0. The first kappa shape index (κ1) is 15.1. The number of hydrogen-bond donors (Lipinski definition) is 2. The molecule has 4 nitrogen and oxygen atoms in total. The van der Waals surface area contributed by atoms with Crippen LogP contribution in [0.15, 0.2) is 30.3 Å². The van der Waals surface area contributed by atoms with E-state index >= 15 is 0 Å². The van der Waals surface area contributed by atoms with E-state index in [0.29, 0.717) is 18.5 Å². The quantitative estimate of drug-likeness (QED) is 0.871. The molecular weight excluding hydrogens is 284 g/mol. The van der Waals surface area contributed by atoms with Gasteiger partial charge in [0.2, 0.25) is 0 Å². The highest BCUT2D eigenvalue weighted by molar-refractivity contribution is 5.27. The predicted octanol–water partition coefficient (Wildman–Crippen LogP) is 1.85. The largest absolute Gasteiger partial charge is 0.313 e. The van der Waals surface area contributed by atoms with Crippen molar-refractivity contribution in [2.75, 3.05) is 26.2 Å². The molecule has 2 atom stereocenters. The van der Waals surface area contributed by atoms with Crippen molar-refractivity contribution in [2.45, 2.75) is 49.2 Å². The zero-order chi connectivity index (χ0) is 15.7. The zero-order valence-corrected chi connectivity index (χ0v) is 13.7. The van der Waals surface area contributed by atoms with Crippen molar-refractivity contribution in [3.05, 3.63) is 35.9 Å². The molecule has 3 fully saturated rings. The van der Waals surface area contributed by atoms with E-state index in [1.165, 1.54) is 24.8 Å². The lowest BCUT2D eigenvalue weighted by Crippen LogP contribution is -2.70. The molecule has 0 radical (unpaired) electrons. The van der Waals surface area contributed by atoms with Crippen LogP contribution in [0.4, 0.5) is 0 Å². The highest BCUT2D eigenvalue weighted by atomic mass is 15.3. The van der Waals surface area contributed by atoms with Gasteiger partial charge in [0.15, 0.2) is 0 Å². The van der Waals surface area contributed by atoms with Crippen molar-refractivity contribution in [3.8, 4) is 6.07 Å². The Hall–Kier alpha value is -1.41. The summed E-state index contributed by atoms with van der Waals surface area (Å²) in [6.07, 6.45) is 4.37. The monoisotopic (exact) mass is 310 g/mol. The second kappa shape index (κ2) is 6.24. The summed E-state index contributed by atoms with van der Waals surface area (Å²) in [5, 5.41) is 16.3. The molecule has 4 rings (SSSR count). The molecule has 4 heteroatoms. The maximum atomic E-state index is 9.10. The van der Waals surface area contributed by atoms with Crippen LogP contribution in [0.25, 0.3) is 0 Å². The Morgan fingerprint density at radius 2 is 1.96 bits per heavy atom. The van der Waals surface area contributed by atoms with E-state index in [4.69, 9.17) is 5.26 Å². The molecule has 1 aromatic rings. The van der Waals surface area contributed by atoms with Gasteiger partial charge < -0.3 is 10.6 Å². The molecule has 1 aliphatic carbocycles. The van der Waals surface area contributed by atoms with Gasteiger partial charge in [-0.3, -0.25) is 4.90 Å². The highest BCUT2D eigenvalue weighted by Gasteiger charge is 2.44. The second-order valence-corrected chi connectivity index (χ2v) is 7.45. The second-order valence-electron chi connectivity index (χ2n) is 7.45. The molecule has 0 amide bonds. The first-order valence-electron chi connectivity index (χ1n) is 8.94. The molecule has 2 saturated heterocycles. The minimum Gasteiger partial charge on any atom is -0.313 e. The van der Waals surface area contributed by atoms with Crippen molar-refractivity contribution in [2.24, 2.45) is 0 Å². The van der Waals surface area contributed by atoms with Crippen LogP contribution in [0.3, 0.4) is 0 Å². The number of benzene rings is 1. The standard InChI is InChI=1S/C19H26N4/c20-9-8-19(13-21-14-19)23-10-6-16(7-11-23)22-18-12-17(18)15-4-2-1-3-5-15/h1-5,16-18,21-22H,6-8,10-14H2. The Morgan fingerprint density at radius 3 is 2.57 bits per heavy atom. The zero-order valence-electron chi connectivity index (χ0n) is 13.7. The van der Waals surface area contributed by atoms with Gasteiger partial charge in [-0.05, 0) is 24.8 Å². The lowest BCUT2D eigenvalue weighted by Gasteiger charge is -2.52. The van der Waals surface area contributed by atoms with Crippen LogP contribution in [-0.4, -0.2) is 48.7 Å². The lowest BCUT2D eigenvalue weighted by atomic mass is 9.85. The molecular formula is C19H26N4. The smallest absolute Gasteiger partial charge is 0.0642 e. The molecule has 23 heavy (non-hydrogen) atoms. The van der Waals surface area contributed by atoms with E-state index in [9.17, 15) is 0 Å². The summed E-state index contributed by atoms with van der Waals surface area (Å²) in [6, 6.07) is 14.6. The third-order valence-corrected chi connectivity index (χ3v) is 5.95. The van der Waals surface area contributed by atoms with Crippen LogP contribution in [0.5, 0.6) is 0 Å². The predicted molar refractivity (Wildman–Crippen MR) is 91.1 cm³/mol. The average molecular weight is 310 g/mol. The van der Waals surface area contributed by atoms with Gasteiger partial charge in [-0.15, -0.1) is 0 Å². The van der Waals surface area contributed by atoms with Crippen molar-refractivity contribution < 1.29 is 0 Å². The minimum atomic E-state index is 0.131. The number of piperidine rings is 1. The highest BCUT2D eigenvalue weighted by Crippen LogP contribution is 2.41. The number of nitriles is 1. The summed E-state index contributed by atoms with van der Waals surface area (Å²) in [6.45, 7) is 4.22. The number of hydrogen-bond acceptors (Lipinski definition) is 4. The number of rotatable bonds is 5. The summed E-state index contributed by atoms with van der Waals surface area (Å²) in [7, 11) is 0. The third kappa shape index (κ3) is 3.01. The topological polar surface area (TPSA) is 51.1 Å². The number of nitrogens with one attached hydrogen (secondary N) is 2. The Bertz CT molecular complexity index is 567. The molecule has 0 bridgehead atoms. The summed E-state index contributed by atoms with van der Waals surface area (Å²) in [5.74, 6) is 0.718. The molecule has 3 aliphatic rings. The van der Waals surface area contributed by atoms with Crippen LogP contribution in [-0.2, 0) is 0 Å². The van der Waals surface area contributed by atoms with Gasteiger partial charge in [-0.1, -0.05) is 30.3 Å². The Morgan fingerprint density at radius 1 is 1.22 bits per heavy atom. The van der Waals surface area contributed by atoms with E-state index in [1.807, 2.05) is 0 Å². The maximum Gasteiger partial charge on any atom is 0.0642 e. The molecule has 1 saturated carbocycles. The molecule has 2 N–H and O–H groups in total. The van der Waals surface area contributed by atoms with Crippen LogP contribution in [0.1, 0.15) is 37.2 Å². The Labute approximate surface area is 138 Å². The normalized spacial score (nSPS) is 30.4. The summed E-state index contributed by atoms with van der Waals surface area (Å²) in [4.78, 5) is 2.56. The molecule has 1 aromatic carbocycles. The molecule has 2 aliphatic heterocycles. The third-order valence-electron chi connectivity index (χ3n) is 5.95. The van der Waals surface area contributed by atoms with E-state index in [2.05, 4.69) is 51.9 Å². The van der Waals surface area contributed by atoms with Crippen molar-refractivity contribution in [1.29, 1.82) is 5.26 Å². The first-order chi connectivity index (χ1) is 11.3. The van der Waals surface area contributed by atoms with Gasteiger partial charge in [-0.25, -0.2) is 0 Å². The molecule has 2 heterocycles.